The van der Waals surface area contributed by atoms with Crippen LogP contribution in [0.1, 0.15) is 78.6 Å². The van der Waals surface area contributed by atoms with Crippen molar-refractivity contribution in [1.82, 2.24) is 24.5 Å². The minimum absolute atomic E-state index is 0.112. The third-order valence-electron chi connectivity index (χ3n) is 9.43. The van der Waals surface area contributed by atoms with Crippen LogP contribution in [0.15, 0.2) is 54.7 Å². The monoisotopic (exact) mass is 677 g/mol. The molecule has 1 unspecified atom stereocenters. The summed E-state index contributed by atoms with van der Waals surface area (Å²) >= 11 is 0. The molecule has 1 aliphatic carbocycles. The molecular weight excluding hydrogens is 627 g/mol. The van der Waals surface area contributed by atoms with Gasteiger partial charge in [-0.2, -0.15) is 5.10 Å². The van der Waals surface area contributed by atoms with Crippen LogP contribution in [0.3, 0.4) is 0 Å². The Morgan fingerprint density at radius 1 is 0.979 bits per heavy atom. The molecular formula is C36H51N5O4SSi. The minimum atomic E-state index is -1.94. The van der Waals surface area contributed by atoms with Gasteiger partial charge in [-0.15, -0.1) is 0 Å². The lowest BCUT2D eigenvalue weighted by atomic mass is 9.93. The number of ether oxygens (including phenoxy) is 2. The second-order valence-corrected chi connectivity index (χ2v) is 21.8. The molecule has 3 heterocycles. The summed E-state index contributed by atoms with van der Waals surface area (Å²) < 4.78 is 36.3. The lowest BCUT2D eigenvalue weighted by molar-refractivity contribution is 0.147. The van der Waals surface area contributed by atoms with Gasteiger partial charge >= 0.3 is 0 Å². The number of nitrogens with zero attached hydrogens (tertiary/aromatic N) is 4. The quantitative estimate of drug-likeness (QED) is 0.120. The summed E-state index contributed by atoms with van der Waals surface area (Å²) in [4.78, 5) is 10.2. The SMILES string of the molecule is COCCOc1cc(-c2cccc(C3(NS(=O)C(C)(C)C)CCCC3)n2)cc2c1cnn2-c1cccc(CO[Si](C)(C)C(C)(C)C)n1. The number of fused-ring (bicyclic) bond motifs is 1. The predicted octanol–water partition coefficient (Wildman–Crippen LogP) is 7.85. The maximum Gasteiger partial charge on any atom is 0.192 e. The van der Waals surface area contributed by atoms with Gasteiger partial charge < -0.3 is 13.9 Å². The van der Waals surface area contributed by atoms with Crippen LogP contribution in [-0.2, 0) is 32.3 Å². The minimum Gasteiger partial charge on any atom is -0.490 e. The molecule has 0 aliphatic heterocycles. The van der Waals surface area contributed by atoms with E-state index in [4.69, 9.17) is 29.0 Å². The van der Waals surface area contributed by atoms with Gasteiger partial charge in [0.1, 0.15) is 12.4 Å². The number of hydrogen-bond donors (Lipinski definition) is 1. The number of nitrogens with one attached hydrogen (secondary N) is 1. The molecule has 254 valence electrons. The highest BCUT2D eigenvalue weighted by Crippen LogP contribution is 2.41. The van der Waals surface area contributed by atoms with Gasteiger partial charge in [-0.05, 0) is 88.1 Å². The summed E-state index contributed by atoms with van der Waals surface area (Å²) in [7, 11) is -1.50. The first-order valence-corrected chi connectivity index (χ1v) is 20.6. The number of methoxy groups -OCH3 is 1. The van der Waals surface area contributed by atoms with Crippen molar-refractivity contribution >= 4 is 30.2 Å². The normalized spacial score (nSPS) is 16.1. The zero-order valence-corrected chi connectivity index (χ0v) is 31.3. The number of hydrogen-bond acceptors (Lipinski definition) is 7. The average Bonchev–Trinajstić information content (AvgIpc) is 3.68. The van der Waals surface area contributed by atoms with Crippen LogP contribution in [0.4, 0.5) is 0 Å². The predicted molar refractivity (Wildman–Crippen MR) is 193 cm³/mol. The maximum absolute atomic E-state index is 13.3. The molecule has 1 aliphatic rings. The number of pyridine rings is 2. The fourth-order valence-electron chi connectivity index (χ4n) is 5.50. The first kappa shape index (κ1) is 35.3. The van der Waals surface area contributed by atoms with Crippen LogP contribution in [0.5, 0.6) is 5.75 Å². The Morgan fingerprint density at radius 2 is 1.70 bits per heavy atom. The maximum atomic E-state index is 13.3. The molecule has 3 aromatic heterocycles. The van der Waals surface area contributed by atoms with Gasteiger partial charge in [0.2, 0.25) is 0 Å². The molecule has 0 radical (unpaired) electrons. The first-order valence-electron chi connectivity index (χ1n) is 16.5. The van der Waals surface area contributed by atoms with Gasteiger partial charge in [-0.25, -0.2) is 18.6 Å². The van der Waals surface area contributed by atoms with Crippen molar-refractivity contribution in [2.75, 3.05) is 20.3 Å². The molecule has 1 saturated carbocycles. The zero-order valence-electron chi connectivity index (χ0n) is 29.5. The first-order chi connectivity index (χ1) is 22.1. The van der Waals surface area contributed by atoms with E-state index in [9.17, 15) is 4.21 Å². The summed E-state index contributed by atoms with van der Waals surface area (Å²) in [6.07, 6.45) is 5.74. The molecule has 47 heavy (non-hydrogen) atoms. The van der Waals surface area contributed by atoms with Crippen molar-refractivity contribution in [3.8, 4) is 22.8 Å². The summed E-state index contributed by atoms with van der Waals surface area (Å²) in [5.74, 6) is 1.41. The molecule has 1 fully saturated rings. The Bertz CT molecular complexity index is 1720. The highest BCUT2D eigenvalue weighted by Gasteiger charge is 2.40. The molecule has 11 heteroatoms. The Balaban J connectivity index is 1.55. The van der Waals surface area contributed by atoms with Gasteiger partial charge in [0.05, 0.1) is 68.7 Å². The summed E-state index contributed by atoms with van der Waals surface area (Å²) in [5, 5.41) is 5.76. The second-order valence-electron chi connectivity index (χ2n) is 15.0. The highest BCUT2D eigenvalue weighted by atomic mass is 32.2. The van der Waals surface area contributed by atoms with Gasteiger partial charge in [-0.1, -0.05) is 45.7 Å². The van der Waals surface area contributed by atoms with Crippen LogP contribution in [0.2, 0.25) is 18.1 Å². The topological polar surface area (TPSA) is 100 Å². The Morgan fingerprint density at radius 3 is 2.38 bits per heavy atom. The lowest BCUT2D eigenvalue weighted by Crippen LogP contribution is -2.46. The summed E-state index contributed by atoms with van der Waals surface area (Å²) in [6.45, 7) is 18.5. The van der Waals surface area contributed by atoms with Crippen molar-refractivity contribution in [2.24, 2.45) is 0 Å². The van der Waals surface area contributed by atoms with Crippen LogP contribution >= 0.6 is 0 Å². The fourth-order valence-corrected chi connectivity index (χ4v) is 7.41. The third kappa shape index (κ3) is 7.86. The number of aromatic nitrogens is 4. The fraction of sp³-hybridized carbons (Fsp3) is 0.528. The van der Waals surface area contributed by atoms with Gasteiger partial charge in [-0.3, -0.25) is 4.98 Å². The Hall–Kier alpha value is -2.96. The van der Waals surface area contributed by atoms with Crippen LogP contribution in [0.25, 0.3) is 28.0 Å². The molecule has 0 bridgehead atoms. The van der Waals surface area contributed by atoms with Gasteiger partial charge in [0.15, 0.2) is 14.1 Å². The molecule has 9 nitrogen and oxygen atoms in total. The molecule has 1 atom stereocenters. The summed E-state index contributed by atoms with van der Waals surface area (Å²) in [5.41, 5.74) is 3.91. The van der Waals surface area contributed by atoms with Crippen molar-refractivity contribution in [2.45, 2.75) is 102 Å². The molecule has 4 aromatic rings. The van der Waals surface area contributed by atoms with Crippen LogP contribution in [0, 0.1) is 0 Å². The molecule has 1 N–H and O–H groups in total. The largest absolute Gasteiger partial charge is 0.490 e. The Labute approximate surface area is 283 Å². The highest BCUT2D eigenvalue weighted by molar-refractivity contribution is 7.84. The van der Waals surface area contributed by atoms with E-state index >= 15 is 0 Å². The van der Waals surface area contributed by atoms with E-state index in [2.05, 4.69) is 50.7 Å². The molecule has 5 rings (SSSR count). The van der Waals surface area contributed by atoms with Crippen molar-refractivity contribution in [3.63, 3.8) is 0 Å². The van der Waals surface area contributed by atoms with Crippen LogP contribution < -0.4 is 9.46 Å². The van der Waals surface area contributed by atoms with E-state index < -0.39 is 24.8 Å². The van der Waals surface area contributed by atoms with E-state index in [1.165, 1.54) is 0 Å². The molecule has 0 spiro atoms. The molecule has 0 amide bonds. The van der Waals surface area contributed by atoms with E-state index in [-0.39, 0.29) is 9.79 Å². The molecule has 1 aromatic carbocycles. The number of benzene rings is 1. The van der Waals surface area contributed by atoms with Crippen molar-refractivity contribution < 1.29 is 18.1 Å². The lowest BCUT2D eigenvalue weighted by Gasteiger charge is -2.36. The Kier molecular flexibility index (Phi) is 10.4. The van der Waals surface area contributed by atoms with E-state index in [0.717, 1.165) is 59.2 Å². The average molecular weight is 678 g/mol. The van der Waals surface area contributed by atoms with E-state index in [1.807, 2.05) is 68.0 Å². The van der Waals surface area contributed by atoms with Gasteiger partial charge in [0, 0.05) is 12.7 Å². The second kappa shape index (κ2) is 13.9. The van der Waals surface area contributed by atoms with Gasteiger partial charge in [0.25, 0.3) is 0 Å². The van der Waals surface area contributed by atoms with E-state index in [1.54, 1.807) is 7.11 Å². The zero-order chi connectivity index (χ0) is 34.0. The third-order valence-corrected chi connectivity index (χ3v) is 15.6. The smallest absolute Gasteiger partial charge is 0.192 e. The molecule has 0 saturated heterocycles. The number of rotatable bonds is 12. The summed E-state index contributed by atoms with van der Waals surface area (Å²) in [6, 6.07) is 16.2. The van der Waals surface area contributed by atoms with Crippen LogP contribution in [-0.4, -0.2) is 57.3 Å². The van der Waals surface area contributed by atoms with E-state index in [0.29, 0.717) is 31.4 Å². The standard InChI is InChI=1S/C36H51N5O4SSi/c1-34(2,3)46(42)40-36(18-10-11-19-36)32-16-13-15-29(39-32)26-22-30-28(31(23-26)44-21-20-43-7)24-37-41(30)33-17-12-14-27(38-33)25-45-47(8,9)35(4,5)6/h12-17,22-24,40H,10-11,18-21,25H2,1-9H3. The van der Waals surface area contributed by atoms with Crippen molar-refractivity contribution in [1.29, 1.82) is 0 Å². The van der Waals surface area contributed by atoms with Crippen molar-refractivity contribution in [3.05, 3.63) is 66.1 Å².